The van der Waals surface area contributed by atoms with Crippen LogP contribution in [0.4, 0.5) is 0 Å². The Morgan fingerprint density at radius 2 is 2.16 bits per heavy atom. The van der Waals surface area contributed by atoms with Crippen LogP contribution >= 0.6 is 11.6 Å². The Labute approximate surface area is 117 Å². The van der Waals surface area contributed by atoms with Crippen LogP contribution in [0.1, 0.15) is 26.7 Å². The standard InChI is InChI=1S/C12H14ClN3O2S/c1-12(2,8-14)16(9-3-4-9)19(17,18)10-5-6-15-11(13)7-10/h5-7,9H,3-4H2,1-2H3. The van der Waals surface area contributed by atoms with E-state index in [1.54, 1.807) is 13.8 Å². The molecule has 0 atom stereocenters. The van der Waals surface area contributed by atoms with Crippen LogP contribution in [-0.4, -0.2) is 29.3 Å². The highest BCUT2D eigenvalue weighted by Crippen LogP contribution is 2.37. The summed E-state index contributed by atoms with van der Waals surface area (Å²) in [6.45, 7) is 3.21. The van der Waals surface area contributed by atoms with E-state index in [9.17, 15) is 13.7 Å². The van der Waals surface area contributed by atoms with Gasteiger partial charge in [0.05, 0.1) is 11.0 Å². The van der Waals surface area contributed by atoms with Gasteiger partial charge in [0, 0.05) is 12.2 Å². The molecule has 1 aromatic rings. The number of nitrogens with zero attached hydrogens (tertiary/aromatic N) is 3. The fourth-order valence-electron chi connectivity index (χ4n) is 1.97. The highest BCUT2D eigenvalue weighted by molar-refractivity contribution is 7.89. The molecule has 0 bridgehead atoms. The summed E-state index contributed by atoms with van der Waals surface area (Å²) in [5.41, 5.74) is -1.09. The van der Waals surface area contributed by atoms with Crippen molar-refractivity contribution in [2.75, 3.05) is 0 Å². The van der Waals surface area contributed by atoms with Gasteiger partial charge in [-0.2, -0.15) is 9.57 Å². The number of sulfonamides is 1. The third kappa shape index (κ3) is 2.73. The first kappa shape index (κ1) is 14.3. The van der Waals surface area contributed by atoms with Gasteiger partial charge in [-0.1, -0.05) is 11.6 Å². The average Bonchev–Trinajstić information content (AvgIpc) is 3.13. The molecular formula is C12H14ClN3O2S. The van der Waals surface area contributed by atoms with E-state index in [0.29, 0.717) is 0 Å². The summed E-state index contributed by atoms with van der Waals surface area (Å²) in [6.07, 6.45) is 2.91. The third-order valence-corrected chi connectivity index (χ3v) is 5.29. The molecule has 7 heteroatoms. The minimum absolute atomic E-state index is 0.0720. The normalized spacial score (nSPS) is 16.4. The topological polar surface area (TPSA) is 74.1 Å². The number of pyridine rings is 1. The van der Waals surface area contributed by atoms with Gasteiger partial charge in [-0.15, -0.1) is 0 Å². The molecule has 1 fully saturated rings. The van der Waals surface area contributed by atoms with Crippen molar-refractivity contribution < 1.29 is 8.42 Å². The van der Waals surface area contributed by atoms with Gasteiger partial charge < -0.3 is 0 Å². The van der Waals surface area contributed by atoms with Crippen LogP contribution in [0.3, 0.4) is 0 Å². The number of aromatic nitrogens is 1. The van der Waals surface area contributed by atoms with Crippen LogP contribution in [0, 0.1) is 11.3 Å². The molecule has 0 spiro atoms. The molecule has 0 aliphatic heterocycles. The van der Waals surface area contributed by atoms with Crippen molar-refractivity contribution >= 4 is 21.6 Å². The smallest absolute Gasteiger partial charge is 0.244 e. The van der Waals surface area contributed by atoms with Gasteiger partial charge in [-0.25, -0.2) is 13.4 Å². The lowest BCUT2D eigenvalue weighted by Gasteiger charge is -2.32. The second-order valence-corrected chi connectivity index (χ2v) is 7.22. The van der Waals surface area contributed by atoms with E-state index < -0.39 is 15.6 Å². The molecule has 0 N–H and O–H groups in total. The first-order chi connectivity index (χ1) is 8.79. The fraction of sp³-hybridized carbons (Fsp3) is 0.500. The summed E-state index contributed by atoms with van der Waals surface area (Å²) >= 11 is 5.74. The molecular weight excluding hydrogens is 286 g/mol. The number of rotatable bonds is 4. The van der Waals surface area contributed by atoms with E-state index in [1.807, 2.05) is 0 Å². The molecule has 19 heavy (non-hydrogen) atoms. The van der Waals surface area contributed by atoms with E-state index in [2.05, 4.69) is 11.1 Å². The Hall–Kier alpha value is -1.16. The highest BCUT2D eigenvalue weighted by atomic mass is 35.5. The van der Waals surface area contributed by atoms with Crippen molar-refractivity contribution in [2.24, 2.45) is 0 Å². The molecule has 0 radical (unpaired) electrons. The summed E-state index contributed by atoms with van der Waals surface area (Å²) in [7, 11) is -3.74. The summed E-state index contributed by atoms with van der Waals surface area (Å²) in [6, 6.07) is 4.64. The Morgan fingerprint density at radius 3 is 2.63 bits per heavy atom. The van der Waals surface area contributed by atoms with Crippen LogP contribution < -0.4 is 0 Å². The molecule has 1 aliphatic rings. The van der Waals surface area contributed by atoms with Crippen molar-refractivity contribution in [3.63, 3.8) is 0 Å². The van der Waals surface area contributed by atoms with E-state index in [-0.39, 0.29) is 16.1 Å². The lowest BCUT2D eigenvalue weighted by molar-refractivity contribution is 0.280. The van der Waals surface area contributed by atoms with Crippen LogP contribution in [0.15, 0.2) is 23.2 Å². The molecule has 1 heterocycles. The number of halogens is 1. The Morgan fingerprint density at radius 1 is 1.53 bits per heavy atom. The number of hydrogen-bond donors (Lipinski definition) is 0. The Kier molecular flexibility index (Phi) is 3.56. The number of nitriles is 1. The fourth-order valence-corrected chi connectivity index (χ4v) is 4.17. The van der Waals surface area contributed by atoms with Gasteiger partial charge in [0.1, 0.15) is 10.7 Å². The van der Waals surface area contributed by atoms with Gasteiger partial charge in [0.15, 0.2) is 0 Å². The Balaban J connectivity index is 2.50. The van der Waals surface area contributed by atoms with Gasteiger partial charge in [-0.3, -0.25) is 0 Å². The van der Waals surface area contributed by atoms with Crippen LogP contribution in [0.5, 0.6) is 0 Å². The maximum absolute atomic E-state index is 12.7. The molecule has 1 aromatic heterocycles. The van der Waals surface area contributed by atoms with Gasteiger partial charge in [0.2, 0.25) is 10.0 Å². The molecule has 0 unspecified atom stereocenters. The van der Waals surface area contributed by atoms with Gasteiger partial charge >= 0.3 is 0 Å². The molecule has 1 aliphatic carbocycles. The molecule has 102 valence electrons. The van der Waals surface area contributed by atoms with Crippen molar-refractivity contribution in [3.05, 3.63) is 23.5 Å². The van der Waals surface area contributed by atoms with E-state index in [1.165, 1.54) is 22.6 Å². The SMILES string of the molecule is CC(C)(C#N)N(C1CC1)S(=O)(=O)c1ccnc(Cl)c1. The summed E-state index contributed by atoms with van der Waals surface area (Å²) < 4.78 is 26.6. The molecule has 0 aromatic carbocycles. The second kappa shape index (κ2) is 4.75. The zero-order valence-electron chi connectivity index (χ0n) is 10.7. The predicted octanol–water partition coefficient (Wildman–Crippen LogP) is 2.19. The van der Waals surface area contributed by atoms with Crippen molar-refractivity contribution in [3.8, 4) is 6.07 Å². The van der Waals surface area contributed by atoms with E-state index in [0.717, 1.165) is 12.8 Å². The first-order valence-electron chi connectivity index (χ1n) is 5.86. The second-order valence-electron chi connectivity index (χ2n) is 5.02. The average molecular weight is 300 g/mol. The lowest BCUT2D eigenvalue weighted by atomic mass is 10.1. The number of hydrogen-bond acceptors (Lipinski definition) is 4. The van der Waals surface area contributed by atoms with E-state index in [4.69, 9.17) is 11.6 Å². The quantitative estimate of drug-likeness (QED) is 0.799. The largest absolute Gasteiger partial charge is 0.244 e. The molecule has 5 nitrogen and oxygen atoms in total. The zero-order chi connectivity index (χ0) is 14.3. The minimum atomic E-state index is -3.74. The summed E-state index contributed by atoms with van der Waals surface area (Å²) in [5.74, 6) is 0. The van der Waals surface area contributed by atoms with Crippen molar-refractivity contribution in [1.82, 2.24) is 9.29 Å². The molecule has 0 saturated heterocycles. The maximum atomic E-state index is 12.7. The van der Waals surface area contributed by atoms with Gasteiger partial charge in [0.25, 0.3) is 0 Å². The highest BCUT2D eigenvalue weighted by Gasteiger charge is 2.46. The van der Waals surface area contributed by atoms with Crippen LogP contribution in [-0.2, 0) is 10.0 Å². The molecule has 0 amide bonds. The molecule has 2 rings (SSSR count). The van der Waals surface area contributed by atoms with Crippen LogP contribution in [0.25, 0.3) is 0 Å². The zero-order valence-corrected chi connectivity index (χ0v) is 12.2. The monoisotopic (exact) mass is 299 g/mol. The third-order valence-electron chi connectivity index (χ3n) is 2.96. The maximum Gasteiger partial charge on any atom is 0.244 e. The Bertz CT molecular complexity index is 633. The summed E-state index contributed by atoms with van der Waals surface area (Å²) in [4.78, 5) is 3.84. The predicted molar refractivity (Wildman–Crippen MR) is 71.0 cm³/mol. The van der Waals surface area contributed by atoms with Gasteiger partial charge in [-0.05, 0) is 38.8 Å². The van der Waals surface area contributed by atoms with Crippen molar-refractivity contribution in [1.29, 1.82) is 5.26 Å². The van der Waals surface area contributed by atoms with E-state index >= 15 is 0 Å². The minimum Gasteiger partial charge on any atom is -0.244 e. The first-order valence-corrected chi connectivity index (χ1v) is 7.68. The lowest BCUT2D eigenvalue weighted by Crippen LogP contribution is -2.48. The molecule has 1 saturated carbocycles. The van der Waals surface area contributed by atoms with Crippen molar-refractivity contribution in [2.45, 2.75) is 43.2 Å². The summed E-state index contributed by atoms with van der Waals surface area (Å²) in [5, 5.41) is 9.33. The van der Waals surface area contributed by atoms with Crippen LogP contribution in [0.2, 0.25) is 5.15 Å².